The molecule has 1 heterocycles. The number of carbonyl (C=O) groups is 1. The fourth-order valence-electron chi connectivity index (χ4n) is 3.56. The van der Waals surface area contributed by atoms with Crippen LogP contribution in [0, 0.1) is 0 Å². The molecule has 0 saturated carbocycles. The van der Waals surface area contributed by atoms with Crippen molar-refractivity contribution in [2.24, 2.45) is 5.73 Å². The molecule has 1 aromatic heterocycles. The highest BCUT2D eigenvalue weighted by atomic mass is 16.5. The number of hydrogen-bond donors (Lipinski definition) is 1. The van der Waals surface area contributed by atoms with Gasteiger partial charge in [0.25, 0.3) is 0 Å². The van der Waals surface area contributed by atoms with Crippen molar-refractivity contribution in [2.75, 3.05) is 6.61 Å². The highest BCUT2D eigenvalue weighted by Gasteiger charge is 2.10. The predicted octanol–water partition coefficient (Wildman–Crippen LogP) is 5.65. The Labute approximate surface area is 178 Å². The minimum absolute atomic E-state index is 0.341. The van der Waals surface area contributed by atoms with Crippen LogP contribution >= 0.6 is 0 Å². The third-order valence-electron chi connectivity index (χ3n) is 5.19. The SMILES string of the molecule is CCCOC(CC)CCCc1cccc2c(Oc3ccc(C(N)=O)cn3)cccc12. The number of nitrogens with two attached hydrogens (primary N) is 1. The number of hydrogen-bond acceptors (Lipinski definition) is 4. The third-order valence-corrected chi connectivity index (χ3v) is 5.19. The van der Waals surface area contributed by atoms with Crippen LogP contribution in [0.3, 0.4) is 0 Å². The lowest BCUT2D eigenvalue weighted by molar-refractivity contribution is 0.0441. The molecule has 1 unspecified atom stereocenters. The number of amides is 1. The first-order valence-electron chi connectivity index (χ1n) is 10.7. The van der Waals surface area contributed by atoms with Gasteiger partial charge in [-0.15, -0.1) is 0 Å². The number of pyridine rings is 1. The van der Waals surface area contributed by atoms with Gasteiger partial charge in [0.2, 0.25) is 11.8 Å². The first-order chi connectivity index (χ1) is 14.6. The first kappa shape index (κ1) is 21.8. The number of ether oxygens (including phenoxy) is 2. The van der Waals surface area contributed by atoms with Crippen LogP contribution in [0.1, 0.15) is 55.5 Å². The molecule has 2 aromatic carbocycles. The molecule has 0 bridgehead atoms. The van der Waals surface area contributed by atoms with Crippen LogP contribution in [0.5, 0.6) is 11.6 Å². The van der Waals surface area contributed by atoms with E-state index in [1.54, 1.807) is 12.1 Å². The van der Waals surface area contributed by atoms with Gasteiger partial charge in [0.15, 0.2) is 0 Å². The number of nitrogens with zero attached hydrogens (tertiary/aromatic N) is 1. The second kappa shape index (κ2) is 10.7. The summed E-state index contributed by atoms with van der Waals surface area (Å²) in [4.78, 5) is 15.4. The molecule has 1 amide bonds. The van der Waals surface area contributed by atoms with E-state index in [4.69, 9.17) is 15.2 Å². The molecule has 3 rings (SSSR count). The molecule has 0 aliphatic rings. The zero-order valence-corrected chi connectivity index (χ0v) is 17.8. The average molecular weight is 407 g/mol. The number of rotatable bonds is 11. The van der Waals surface area contributed by atoms with E-state index in [1.807, 2.05) is 12.1 Å². The lowest BCUT2D eigenvalue weighted by atomic mass is 9.98. The second-order valence-electron chi connectivity index (χ2n) is 7.41. The van der Waals surface area contributed by atoms with Crippen molar-refractivity contribution in [2.45, 2.75) is 52.1 Å². The molecular weight excluding hydrogens is 376 g/mol. The summed E-state index contributed by atoms with van der Waals surface area (Å²) in [5.41, 5.74) is 6.93. The molecule has 0 spiro atoms. The molecule has 30 heavy (non-hydrogen) atoms. The smallest absolute Gasteiger partial charge is 0.250 e. The summed E-state index contributed by atoms with van der Waals surface area (Å²) in [5, 5.41) is 2.23. The largest absolute Gasteiger partial charge is 0.438 e. The predicted molar refractivity (Wildman–Crippen MR) is 120 cm³/mol. The zero-order chi connectivity index (χ0) is 21.3. The molecule has 1 atom stereocenters. The van der Waals surface area contributed by atoms with E-state index in [9.17, 15) is 4.79 Å². The number of fused-ring (bicyclic) bond motifs is 1. The number of aromatic nitrogens is 1. The summed E-state index contributed by atoms with van der Waals surface area (Å²) in [7, 11) is 0. The lowest BCUT2D eigenvalue weighted by Crippen LogP contribution is -2.12. The fourth-order valence-corrected chi connectivity index (χ4v) is 3.56. The van der Waals surface area contributed by atoms with E-state index in [2.05, 4.69) is 43.1 Å². The number of aryl methyl sites for hydroxylation is 1. The fraction of sp³-hybridized carbons (Fsp3) is 0.360. The van der Waals surface area contributed by atoms with E-state index in [0.29, 0.717) is 17.5 Å². The van der Waals surface area contributed by atoms with E-state index in [1.165, 1.54) is 17.1 Å². The number of primary amides is 1. The van der Waals surface area contributed by atoms with Gasteiger partial charge in [-0.2, -0.15) is 0 Å². The van der Waals surface area contributed by atoms with Crippen LogP contribution in [0.2, 0.25) is 0 Å². The summed E-state index contributed by atoms with van der Waals surface area (Å²) >= 11 is 0. The van der Waals surface area contributed by atoms with Crippen LogP contribution in [0.15, 0.2) is 54.7 Å². The van der Waals surface area contributed by atoms with Crippen molar-refractivity contribution in [3.05, 3.63) is 65.9 Å². The molecule has 2 N–H and O–H groups in total. The Kier molecular flexibility index (Phi) is 7.80. The van der Waals surface area contributed by atoms with Gasteiger partial charge >= 0.3 is 0 Å². The van der Waals surface area contributed by atoms with Gasteiger partial charge in [0.05, 0.1) is 11.7 Å². The van der Waals surface area contributed by atoms with E-state index in [0.717, 1.165) is 49.8 Å². The maximum atomic E-state index is 11.2. The van der Waals surface area contributed by atoms with Gasteiger partial charge < -0.3 is 15.2 Å². The quantitative estimate of drug-likeness (QED) is 0.446. The van der Waals surface area contributed by atoms with Crippen LogP contribution in [-0.4, -0.2) is 23.6 Å². The lowest BCUT2D eigenvalue weighted by Gasteiger charge is -2.16. The van der Waals surface area contributed by atoms with Crippen molar-refractivity contribution in [3.63, 3.8) is 0 Å². The van der Waals surface area contributed by atoms with Crippen molar-refractivity contribution in [1.82, 2.24) is 4.98 Å². The molecule has 0 aliphatic carbocycles. The minimum atomic E-state index is -0.505. The monoisotopic (exact) mass is 406 g/mol. The van der Waals surface area contributed by atoms with Crippen LogP contribution in [0.25, 0.3) is 10.8 Å². The zero-order valence-electron chi connectivity index (χ0n) is 17.8. The van der Waals surface area contributed by atoms with Gasteiger partial charge in [-0.3, -0.25) is 4.79 Å². The Bertz CT molecular complexity index is 970. The van der Waals surface area contributed by atoms with Gasteiger partial charge in [-0.1, -0.05) is 44.2 Å². The van der Waals surface area contributed by atoms with Crippen LogP contribution < -0.4 is 10.5 Å². The molecule has 0 saturated heterocycles. The van der Waals surface area contributed by atoms with Crippen molar-refractivity contribution in [3.8, 4) is 11.6 Å². The highest BCUT2D eigenvalue weighted by Crippen LogP contribution is 2.31. The highest BCUT2D eigenvalue weighted by molar-refractivity contribution is 5.92. The maximum Gasteiger partial charge on any atom is 0.250 e. The van der Waals surface area contributed by atoms with Gasteiger partial charge in [-0.25, -0.2) is 4.98 Å². The van der Waals surface area contributed by atoms with Gasteiger partial charge in [0, 0.05) is 24.3 Å². The normalized spacial score (nSPS) is 12.1. The third kappa shape index (κ3) is 5.57. The van der Waals surface area contributed by atoms with Crippen molar-refractivity contribution in [1.29, 1.82) is 0 Å². The molecule has 3 aromatic rings. The molecule has 0 radical (unpaired) electrons. The van der Waals surface area contributed by atoms with Crippen molar-refractivity contribution < 1.29 is 14.3 Å². The topological polar surface area (TPSA) is 74.4 Å². The summed E-state index contributed by atoms with van der Waals surface area (Å²) in [6.07, 6.45) is 7.03. The van der Waals surface area contributed by atoms with E-state index >= 15 is 0 Å². The Morgan fingerprint density at radius 3 is 2.57 bits per heavy atom. The summed E-state index contributed by atoms with van der Waals surface area (Å²) in [6, 6.07) is 15.6. The number of benzene rings is 2. The maximum absolute atomic E-state index is 11.2. The summed E-state index contributed by atoms with van der Waals surface area (Å²) < 4.78 is 11.9. The van der Waals surface area contributed by atoms with E-state index < -0.39 is 5.91 Å². The summed E-state index contributed by atoms with van der Waals surface area (Å²) in [6.45, 7) is 5.16. The molecule has 0 aliphatic heterocycles. The van der Waals surface area contributed by atoms with Gasteiger partial charge in [-0.05, 0) is 55.2 Å². The summed E-state index contributed by atoms with van der Waals surface area (Å²) in [5.74, 6) is 0.664. The van der Waals surface area contributed by atoms with Crippen LogP contribution in [-0.2, 0) is 11.2 Å². The first-order valence-corrected chi connectivity index (χ1v) is 10.7. The van der Waals surface area contributed by atoms with Gasteiger partial charge in [0.1, 0.15) is 5.75 Å². The second-order valence-corrected chi connectivity index (χ2v) is 7.41. The average Bonchev–Trinajstić information content (AvgIpc) is 2.77. The number of carbonyl (C=O) groups excluding carboxylic acids is 1. The minimum Gasteiger partial charge on any atom is -0.438 e. The standard InChI is InChI=1S/C25H30N2O3/c1-3-16-29-20(4-2)10-5-8-18-9-6-12-22-21(18)11-7-13-23(22)30-24-15-14-19(17-27-24)25(26)28/h6-7,9,11-15,17,20H,3-5,8,10,16H2,1-2H3,(H2,26,28). The Hall–Kier alpha value is -2.92. The van der Waals surface area contributed by atoms with Crippen LogP contribution in [0.4, 0.5) is 0 Å². The molecule has 5 nitrogen and oxygen atoms in total. The molecule has 5 heteroatoms. The van der Waals surface area contributed by atoms with Crippen molar-refractivity contribution >= 4 is 16.7 Å². The Morgan fingerprint density at radius 2 is 1.87 bits per heavy atom. The molecular formula is C25H30N2O3. The molecule has 158 valence electrons. The Balaban J connectivity index is 1.73. The molecule has 0 fully saturated rings. The van der Waals surface area contributed by atoms with E-state index in [-0.39, 0.29) is 0 Å². The Morgan fingerprint density at radius 1 is 1.07 bits per heavy atom.